The number of cyclic esters (lactones) is 1. The van der Waals surface area contributed by atoms with E-state index in [4.69, 9.17) is 4.74 Å². The molecule has 2 aliphatic rings. The van der Waals surface area contributed by atoms with Gasteiger partial charge in [-0.3, -0.25) is 9.69 Å². The minimum atomic E-state index is -0.251. The highest BCUT2D eigenvalue weighted by atomic mass is 16.5. The minimum absolute atomic E-state index is 0.0813. The minimum Gasteiger partial charge on any atom is -0.464 e. The van der Waals surface area contributed by atoms with Gasteiger partial charge in [-0.1, -0.05) is 0 Å². The highest BCUT2D eigenvalue weighted by Crippen LogP contribution is 2.19. The fraction of sp³-hybridized carbons (Fsp3) is 0.875. The summed E-state index contributed by atoms with van der Waals surface area (Å²) in [5.74, 6) is -0.121. The van der Waals surface area contributed by atoms with E-state index < -0.39 is 0 Å². The van der Waals surface area contributed by atoms with Crippen LogP contribution in [0.3, 0.4) is 0 Å². The van der Waals surface area contributed by atoms with E-state index in [1.807, 2.05) is 4.90 Å². The zero-order valence-corrected chi connectivity index (χ0v) is 6.90. The fourth-order valence-corrected chi connectivity index (χ4v) is 1.87. The van der Waals surface area contributed by atoms with Gasteiger partial charge in [0.15, 0.2) is 0 Å². The normalized spacial score (nSPS) is 37.2. The number of esters is 1. The number of hydrogen-bond acceptors (Lipinski definition) is 4. The van der Waals surface area contributed by atoms with Gasteiger partial charge in [0.1, 0.15) is 6.04 Å². The van der Waals surface area contributed by atoms with Crippen LogP contribution < -0.4 is 0 Å². The van der Waals surface area contributed by atoms with E-state index in [1.165, 1.54) is 0 Å². The lowest BCUT2D eigenvalue weighted by atomic mass is 10.2. The molecule has 0 aromatic heterocycles. The van der Waals surface area contributed by atoms with Gasteiger partial charge < -0.3 is 9.84 Å². The van der Waals surface area contributed by atoms with Crippen LogP contribution in [0.15, 0.2) is 0 Å². The van der Waals surface area contributed by atoms with Crippen LogP contribution in [-0.2, 0) is 9.53 Å². The first-order valence-corrected chi connectivity index (χ1v) is 4.36. The summed E-state index contributed by atoms with van der Waals surface area (Å²) in [6.07, 6.45) is 1.31. The molecule has 0 aromatic rings. The lowest BCUT2D eigenvalue weighted by Gasteiger charge is -2.18. The average Bonchev–Trinajstić information content (AvgIpc) is 2.58. The molecule has 2 heterocycles. The summed E-state index contributed by atoms with van der Waals surface area (Å²) >= 11 is 0. The first-order chi connectivity index (χ1) is 5.77. The Balaban J connectivity index is 1.96. The zero-order chi connectivity index (χ0) is 8.55. The van der Waals surface area contributed by atoms with E-state index in [2.05, 4.69) is 0 Å². The summed E-state index contributed by atoms with van der Waals surface area (Å²) in [6, 6.07) is -0.0813. The Morgan fingerprint density at radius 2 is 2.33 bits per heavy atom. The highest BCUT2D eigenvalue weighted by Gasteiger charge is 2.35. The van der Waals surface area contributed by atoms with E-state index in [0.29, 0.717) is 13.2 Å². The number of β-amino-alcohol motifs (C(OH)–C–C–N with tert-alkyl or cyclic N) is 1. The Kier molecular flexibility index (Phi) is 2.02. The maximum absolute atomic E-state index is 11.1. The second kappa shape index (κ2) is 3.03. The molecule has 0 radical (unpaired) electrons. The van der Waals surface area contributed by atoms with Crippen LogP contribution in [0.5, 0.6) is 0 Å². The van der Waals surface area contributed by atoms with E-state index in [1.54, 1.807) is 0 Å². The Labute approximate surface area is 71.1 Å². The quantitative estimate of drug-likeness (QED) is 0.534. The molecule has 4 nitrogen and oxygen atoms in total. The Hall–Kier alpha value is -0.610. The van der Waals surface area contributed by atoms with Gasteiger partial charge in [-0.05, 0) is 6.42 Å². The molecule has 2 rings (SSSR count). The van der Waals surface area contributed by atoms with Gasteiger partial charge >= 0.3 is 5.97 Å². The molecule has 1 unspecified atom stereocenters. The third-order valence-corrected chi connectivity index (χ3v) is 2.54. The number of aliphatic hydroxyl groups is 1. The van der Waals surface area contributed by atoms with Crippen molar-refractivity contribution in [2.45, 2.75) is 25.0 Å². The predicted octanol–water partition coefficient (Wildman–Crippen LogP) is -0.632. The Bertz CT molecular complexity index is 195. The Morgan fingerprint density at radius 3 is 2.83 bits per heavy atom. The summed E-state index contributed by atoms with van der Waals surface area (Å²) in [4.78, 5) is 13.1. The van der Waals surface area contributed by atoms with Crippen LogP contribution in [0.25, 0.3) is 0 Å². The smallest absolute Gasteiger partial charge is 0.323 e. The maximum Gasteiger partial charge on any atom is 0.323 e. The molecule has 12 heavy (non-hydrogen) atoms. The monoisotopic (exact) mass is 171 g/mol. The fourth-order valence-electron chi connectivity index (χ4n) is 1.87. The van der Waals surface area contributed by atoms with Crippen molar-refractivity contribution in [1.29, 1.82) is 0 Å². The van der Waals surface area contributed by atoms with E-state index in [9.17, 15) is 9.90 Å². The predicted molar refractivity (Wildman–Crippen MR) is 41.6 cm³/mol. The lowest BCUT2D eigenvalue weighted by Crippen LogP contribution is -2.37. The van der Waals surface area contributed by atoms with Gasteiger partial charge in [-0.2, -0.15) is 0 Å². The van der Waals surface area contributed by atoms with Gasteiger partial charge in [0.05, 0.1) is 12.7 Å². The molecule has 1 N–H and O–H groups in total. The zero-order valence-electron chi connectivity index (χ0n) is 6.90. The molecule has 68 valence electrons. The van der Waals surface area contributed by atoms with Crippen LogP contribution in [0.2, 0.25) is 0 Å². The van der Waals surface area contributed by atoms with Crippen LogP contribution in [0, 0.1) is 0 Å². The molecule has 2 fully saturated rings. The molecule has 0 aromatic carbocycles. The van der Waals surface area contributed by atoms with Crippen molar-refractivity contribution in [3.05, 3.63) is 0 Å². The summed E-state index contributed by atoms with van der Waals surface area (Å²) in [5.41, 5.74) is 0. The standard InChI is InChI=1S/C8H13NO3/c10-6-1-3-9(5-6)7-2-4-12-8(7)11/h6-7,10H,1-5H2/t6-,7?/m1/s1. The average molecular weight is 171 g/mol. The van der Waals surface area contributed by atoms with Crippen molar-refractivity contribution in [2.75, 3.05) is 19.7 Å². The second-order valence-electron chi connectivity index (χ2n) is 3.41. The largest absolute Gasteiger partial charge is 0.464 e. The van der Waals surface area contributed by atoms with Crippen molar-refractivity contribution in [2.24, 2.45) is 0 Å². The number of likely N-dealkylation sites (tertiary alicyclic amines) is 1. The van der Waals surface area contributed by atoms with Crippen molar-refractivity contribution < 1.29 is 14.6 Å². The van der Waals surface area contributed by atoms with E-state index >= 15 is 0 Å². The Morgan fingerprint density at radius 1 is 1.50 bits per heavy atom. The van der Waals surface area contributed by atoms with Crippen LogP contribution in [-0.4, -0.2) is 47.8 Å². The number of nitrogens with zero attached hydrogens (tertiary/aromatic N) is 1. The van der Waals surface area contributed by atoms with Crippen LogP contribution in [0.1, 0.15) is 12.8 Å². The molecule has 2 aliphatic heterocycles. The van der Waals surface area contributed by atoms with Crippen molar-refractivity contribution >= 4 is 5.97 Å². The number of rotatable bonds is 1. The number of carbonyl (C=O) groups excluding carboxylic acids is 1. The van der Waals surface area contributed by atoms with E-state index in [0.717, 1.165) is 19.4 Å². The molecule has 0 aliphatic carbocycles. The van der Waals surface area contributed by atoms with Gasteiger partial charge in [-0.15, -0.1) is 0 Å². The lowest BCUT2D eigenvalue weighted by molar-refractivity contribution is -0.142. The van der Waals surface area contributed by atoms with Crippen molar-refractivity contribution in [3.8, 4) is 0 Å². The number of aliphatic hydroxyl groups excluding tert-OH is 1. The van der Waals surface area contributed by atoms with Crippen molar-refractivity contribution in [3.63, 3.8) is 0 Å². The maximum atomic E-state index is 11.1. The topological polar surface area (TPSA) is 49.8 Å². The first-order valence-electron chi connectivity index (χ1n) is 4.36. The number of carbonyl (C=O) groups is 1. The molecule has 0 saturated carbocycles. The molecular formula is C8H13NO3. The third-order valence-electron chi connectivity index (χ3n) is 2.54. The molecule has 0 bridgehead atoms. The van der Waals surface area contributed by atoms with Gasteiger partial charge in [0, 0.05) is 19.5 Å². The molecular weight excluding hydrogens is 158 g/mol. The number of ether oxygens (including phenoxy) is 1. The molecule has 2 saturated heterocycles. The first kappa shape index (κ1) is 8.01. The van der Waals surface area contributed by atoms with Crippen molar-refractivity contribution in [1.82, 2.24) is 4.90 Å². The third kappa shape index (κ3) is 1.32. The summed E-state index contributed by atoms with van der Waals surface area (Å²) < 4.78 is 4.85. The summed E-state index contributed by atoms with van der Waals surface area (Å²) in [6.45, 7) is 1.98. The molecule has 0 amide bonds. The van der Waals surface area contributed by atoms with Gasteiger partial charge in [-0.25, -0.2) is 0 Å². The highest BCUT2D eigenvalue weighted by molar-refractivity contribution is 5.77. The molecule has 4 heteroatoms. The summed E-state index contributed by atoms with van der Waals surface area (Å²) in [7, 11) is 0. The SMILES string of the molecule is O=C1OCCC1N1CC[C@@H](O)C1. The van der Waals surface area contributed by atoms with Crippen LogP contribution >= 0.6 is 0 Å². The van der Waals surface area contributed by atoms with Gasteiger partial charge in [0.2, 0.25) is 0 Å². The number of hydrogen-bond donors (Lipinski definition) is 1. The molecule has 0 spiro atoms. The second-order valence-corrected chi connectivity index (χ2v) is 3.41. The molecule has 2 atom stereocenters. The van der Waals surface area contributed by atoms with Crippen LogP contribution in [0.4, 0.5) is 0 Å². The van der Waals surface area contributed by atoms with Gasteiger partial charge in [0.25, 0.3) is 0 Å². The summed E-state index contributed by atoms with van der Waals surface area (Å²) in [5, 5.41) is 9.25. The van der Waals surface area contributed by atoms with E-state index in [-0.39, 0.29) is 18.1 Å².